The second-order valence-electron chi connectivity index (χ2n) is 5.08. The van der Waals surface area contributed by atoms with Crippen molar-refractivity contribution in [2.45, 2.75) is 12.6 Å². The molecule has 108 valence electrons. The molecule has 0 aliphatic rings. The molecule has 0 radical (unpaired) electrons. The molecule has 1 unspecified atom stereocenters. The van der Waals surface area contributed by atoms with Crippen LogP contribution in [0.3, 0.4) is 0 Å². The summed E-state index contributed by atoms with van der Waals surface area (Å²) in [5.74, 6) is -0.256. The third-order valence-electron chi connectivity index (χ3n) is 3.25. The number of hydrogen-bond acceptors (Lipinski definition) is 3. The van der Waals surface area contributed by atoms with Crippen molar-refractivity contribution in [2.75, 3.05) is 13.6 Å². The zero-order chi connectivity index (χ0) is 15.2. The first-order valence-electron chi connectivity index (χ1n) is 6.69. The van der Waals surface area contributed by atoms with Crippen molar-refractivity contribution < 1.29 is 9.50 Å². The Labute approximate surface area is 123 Å². The Hall–Kier alpha value is -2.22. The van der Waals surface area contributed by atoms with Crippen LogP contribution in [-0.4, -0.2) is 23.6 Å². The van der Waals surface area contributed by atoms with Gasteiger partial charge in [-0.2, -0.15) is 5.26 Å². The molecule has 0 bridgehead atoms. The highest BCUT2D eigenvalue weighted by Gasteiger charge is 2.11. The molecule has 1 atom stereocenters. The van der Waals surface area contributed by atoms with Gasteiger partial charge in [-0.05, 0) is 42.4 Å². The summed E-state index contributed by atoms with van der Waals surface area (Å²) in [6.45, 7) is 0.994. The van der Waals surface area contributed by atoms with Gasteiger partial charge in [0, 0.05) is 13.1 Å². The molecule has 3 nitrogen and oxygen atoms in total. The van der Waals surface area contributed by atoms with Gasteiger partial charge in [0.1, 0.15) is 5.82 Å². The zero-order valence-corrected chi connectivity index (χ0v) is 11.8. The fraction of sp³-hybridized carbons (Fsp3) is 0.235. The number of hydrogen-bond donors (Lipinski definition) is 1. The number of likely N-dealkylation sites (N-methyl/N-ethyl adjacent to an activating group) is 1. The van der Waals surface area contributed by atoms with Crippen LogP contribution in [0.2, 0.25) is 0 Å². The Morgan fingerprint density at radius 1 is 1.24 bits per heavy atom. The third kappa shape index (κ3) is 4.38. The molecule has 0 amide bonds. The van der Waals surface area contributed by atoms with Gasteiger partial charge in [-0.15, -0.1) is 0 Å². The van der Waals surface area contributed by atoms with E-state index in [4.69, 9.17) is 5.26 Å². The summed E-state index contributed by atoms with van der Waals surface area (Å²) >= 11 is 0. The molecule has 0 saturated heterocycles. The minimum Gasteiger partial charge on any atom is -0.387 e. The van der Waals surface area contributed by atoms with Crippen LogP contribution in [0.25, 0.3) is 0 Å². The molecule has 0 aliphatic carbocycles. The Balaban J connectivity index is 1.95. The van der Waals surface area contributed by atoms with Crippen molar-refractivity contribution in [3.63, 3.8) is 0 Å². The maximum atomic E-state index is 13.1. The first kappa shape index (κ1) is 15.2. The molecular weight excluding hydrogens is 267 g/mol. The molecule has 0 aliphatic heterocycles. The number of rotatable bonds is 5. The van der Waals surface area contributed by atoms with Gasteiger partial charge in [0.2, 0.25) is 0 Å². The summed E-state index contributed by atoms with van der Waals surface area (Å²) < 4.78 is 13.1. The smallest absolute Gasteiger partial charge is 0.123 e. The molecule has 0 heterocycles. The second-order valence-corrected chi connectivity index (χ2v) is 5.08. The SMILES string of the molecule is CN(Cc1cccc(F)c1)CC(O)c1ccc(C#N)cc1. The lowest BCUT2D eigenvalue weighted by molar-refractivity contribution is 0.124. The van der Waals surface area contributed by atoms with E-state index in [0.29, 0.717) is 18.7 Å². The van der Waals surface area contributed by atoms with E-state index in [1.165, 1.54) is 12.1 Å². The van der Waals surface area contributed by atoms with Crippen molar-refractivity contribution in [1.82, 2.24) is 4.90 Å². The van der Waals surface area contributed by atoms with E-state index >= 15 is 0 Å². The van der Waals surface area contributed by atoms with Gasteiger partial charge in [0.25, 0.3) is 0 Å². The van der Waals surface area contributed by atoms with Crippen molar-refractivity contribution in [1.29, 1.82) is 5.26 Å². The number of aliphatic hydroxyl groups is 1. The van der Waals surface area contributed by atoms with Gasteiger partial charge in [-0.1, -0.05) is 24.3 Å². The van der Waals surface area contributed by atoms with Crippen molar-refractivity contribution in [2.24, 2.45) is 0 Å². The number of aliphatic hydroxyl groups excluding tert-OH is 1. The maximum absolute atomic E-state index is 13.1. The van der Waals surface area contributed by atoms with E-state index < -0.39 is 6.10 Å². The van der Waals surface area contributed by atoms with Gasteiger partial charge in [-0.3, -0.25) is 4.90 Å². The predicted octanol–water partition coefficient (Wildman–Crippen LogP) is 2.86. The number of nitrogens with zero attached hydrogens (tertiary/aromatic N) is 2. The van der Waals surface area contributed by atoms with Crippen LogP contribution in [0.5, 0.6) is 0 Å². The summed E-state index contributed by atoms with van der Waals surface area (Å²) in [7, 11) is 1.87. The lowest BCUT2D eigenvalue weighted by Crippen LogP contribution is -2.24. The summed E-state index contributed by atoms with van der Waals surface area (Å²) in [5.41, 5.74) is 2.20. The molecule has 21 heavy (non-hydrogen) atoms. The summed E-state index contributed by atoms with van der Waals surface area (Å²) in [4.78, 5) is 1.93. The molecule has 4 heteroatoms. The quantitative estimate of drug-likeness (QED) is 0.918. The molecule has 0 spiro atoms. The van der Waals surface area contributed by atoms with E-state index in [2.05, 4.69) is 0 Å². The lowest BCUT2D eigenvalue weighted by Gasteiger charge is -2.21. The van der Waals surface area contributed by atoms with Crippen molar-refractivity contribution >= 4 is 0 Å². The van der Waals surface area contributed by atoms with Crippen LogP contribution in [0, 0.1) is 17.1 Å². The highest BCUT2D eigenvalue weighted by atomic mass is 19.1. The minimum absolute atomic E-state index is 0.256. The fourth-order valence-electron chi connectivity index (χ4n) is 2.19. The van der Waals surface area contributed by atoms with Gasteiger partial charge >= 0.3 is 0 Å². The molecule has 2 aromatic carbocycles. The predicted molar refractivity (Wildman–Crippen MR) is 78.9 cm³/mol. The molecule has 2 rings (SSSR count). The van der Waals surface area contributed by atoms with Gasteiger partial charge < -0.3 is 5.11 Å². The highest BCUT2D eigenvalue weighted by Crippen LogP contribution is 2.16. The van der Waals surface area contributed by atoms with E-state index in [0.717, 1.165) is 11.1 Å². The van der Waals surface area contributed by atoms with Gasteiger partial charge in [-0.25, -0.2) is 4.39 Å². The lowest BCUT2D eigenvalue weighted by atomic mass is 10.1. The Morgan fingerprint density at radius 3 is 2.57 bits per heavy atom. The zero-order valence-electron chi connectivity index (χ0n) is 11.8. The summed E-state index contributed by atoms with van der Waals surface area (Å²) in [6.07, 6.45) is -0.642. The van der Waals surface area contributed by atoms with Crippen LogP contribution in [0.15, 0.2) is 48.5 Å². The van der Waals surface area contributed by atoms with Gasteiger partial charge in [0.05, 0.1) is 17.7 Å². The normalized spacial score (nSPS) is 12.1. The molecule has 2 aromatic rings. The first-order valence-corrected chi connectivity index (χ1v) is 6.69. The molecule has 1 N–H and O–H groups in total. The van der Waals surface area contributed by atoms with E-state index in [-0.39, 0.29) is 5.82 Å². The monoisotopic (exact) mass is 284 g/mol. The largest absolute Gasteiger partial charge is 0.387 e. The number of halogens is 1. The Morgan fingerprint density at radius 2 is 1.95 bits per heavy atom. The Bertz CT molecular complexity index is 634. The summed E-state index contributed by atoms with van der Waals surface area (Å²) in [6, 6.07) is 15.3. The second kappa shape index (κ2) is 6.98. The maximum Gasteiger partial charge on any atom is 0.123 e. The number of benzene rings is 2. The average Bonchev–Trinajstić information content (AvgIpc) is 2.47. The van der Waals surface area contributed by atoms with Crippen LogP contribution in [0.1, 0.15) is 22.8 Å². The van der Waals surface area contributed by atoms with Gasteiger partial charge in [0.15, 0.2) is 0 Å². The van der Waals surface area contributed by atoms with Crippen molar-refractivity contribution in [3.8, 4) is 6.07 Å². The first-order chi connectivity index (χ1) is 10.1. The Kier molecular flexibility index (Phi) is 5.04. The third-order valence-corrected chi connectivity index (χ3v) is 3.25. The van der Waals surface area contributed by atoms with E-state index in [1.807, 2.05) is 24.1 Å². The van der Waals surface area contributed by atoms with E-state index in [9.17, 15) is 9.50 Å². The minimum atomic E-state index is -0.642. The molecule has 0 fully saturated rings. The van der Waals surface area contributed by atoms with Crippen LogP contribution in [-0.2, 0) is 6.54 Å². The molecule has 0 saturated carbocycles. The van der Waals surface area contributed by atoms with Crippen LogP contribution < -0.4 is 0 Å². The molecular formula is C17H17FN2O. The average molecular weight is 284 g/mol. The highest BCUT2D eigenvalue weighted by molar-refractivity contribution is 5.32. The number of nitriles is 1. The fourth-order valence-corrected chi connectivity index (χ4v) is 2.19. The molecule has 0 aromatic heterocycles. The van der Waals surface area contributed by atoms with Crippen LogP contribution >= 0.6 is 0 Å². The standard InChI is InChI=1S/C17H17FN2O/c1-20(11-14-3-2-4-16(18)9-14)12-17(21)15-7-5-13(10-19)6-8-15/h2-9,17,21H,11-12H2,1H3. The topological polar surface area (TPSA) is 47.3 Å². The summed E-state index contributed by atoms with van der Waals surface area (Å²) in [5, 5.41) is 18.9. The van der Waals surface area contributed by atoms with E-state index in [1.54, 1.807) is 30.3 Å². The van der Waals surface area contributed by atoms with Crippen molar-refractivity contribution in [3.05, 3.63) is 71.0 Å². The van der Waals surface area contributed by atoms with Crippen LogP contribution in [0.4, 0.5) is 4.39 Å².